The summed E-state index contributed by atoms with van der Waals surface area (Å²) in [6.45, 7) is -0.0482. The molecule has 0 aliphatic heterocycles. The first kappa shape index (κ1) is 12.0. The van der Waals surface area contributed by atoms with Gasteiger partial charge in [-0.05, 0) is 12.1 Å². The Morgan fingerprint density at radius 1 is 1.38 bits per heavy atom. The van der Waals surface area contributed by atoms with E-state index in [9.17, 15) is 9.59 Å². The Labute approximate surface area is 93.4 Å². The van der Waals surface area contributed by atoms with E-state index in [1.54, 1.807) is 25.4 Å². The fraction of sp³-hybridized carbons (Fsp3) is 0.300. The highest BCUT2D eigenvalue weighted by Crippen LogP contribution is 2.09. The number of likely N-dealkylation sites (N-methyl/N-ethyl adjacent to an activating group) is 1. The van der Waals surface area contributed by atoms with Crippen molar-refractivity contribution in [1.29, 1.82) is 0 Å². The van der Waals surface area contributed by atoms with Crippen molar-refractivity contribution in [1.82, 2.24) is 15.6 Å². The summed E-state index contributed by atoms with van der Waals surface area (Å²) >= 11 is 0. The van der Waals surface area contributed by atoms with Gasteiger partial charge in [-0.3, -0.25) is 9.59 Å². The first-order chi connectivity index (χ1) is 7.69. The molecule has 16 heavy (non-hydrogen) atoms. The number of pyridine rings is 1. The molecule has 1 aromatic heterocycles. The van der Waals surface area contributed by atoms with Crippen LogP contribution in [0.4, 0.5) is 5.82 Å². The van der Waals surface area contributed by atoms with Crippen LogP contribution >= 0.6 is 0 Å². The second-order valence-corrected chi connectivity index (χ2v) is 3.01. The summed E-state index contributed by atoms with van der Waals surface area (Å²) in [4.78, 5) is 26.6. The second-order valence-electron chi connectivity index (χ2n) is 3.01. The van der Waals surface area contributed by atoms with Crippen molar-refractivity contribution in [2.24, 2.45) is 0 Å². The van der Waals surface area contributed by atoms with E-state index >= 15 is 0 Å². The van der Waals surface area contributed by atoms with Crippen LogP contribution in [0.25, 0.3) is 0 Å². The second kappa shape index (κ2) is 5.69. The molecule has 0 saturated heterocycles. The van der Waals surface area contributed by atoms with E-state index in [-0.39, 0.29) is 18.4 Å². The number of aromatic nitrogens is 1. The van der Waals surface area contributed by atoms with Gasteiger partial charge in [-0.15, -0.1) is 0 Å². The Kier molecular flexibility index (Phi) is 4.26. The molecule has 6 heteroatoms. The van der Waals surface area contributed by atoms with Gasteiger partial charge in [0, 0.05) is 20.3 Å². The molecule has 6 nitrogen and oxygen atoms in total. The average molecular weight is 222 g/mol. The highest BCUT2D eigenvalue weighted by Gasteiger charge is 2.11. The predicted molar refractivity (Wildman–Crippen MR) is 60.2 cm³/mol. The molecule has 1 aromatic rings. The van der Waals surface area contributed by atoms with Crippen LogP contribution in [-0.4, -0.2) is 37.4 Å². The summed E-state index contributed by atoms with van der Waals surface area (Å²) in [5, 5.41) is 7.71. The average Bonchev–Trinajstić information content (AvgIpc) is 2.35. The van der Waals surface area contributed by atoms with Crippen LogP contribution < -0.4 is 16.0 Å². The van der Waals surface area contributed by atoms with Crippen molar-refractivity contribution >= 4 is 17.6 Å². The summed E-state index contributed by atoms with van der Waals surface area (Å²) in [6.07, 6.45) is 1.58. The van der Waals surface area contributed by atoms with E-state index in [4.69, 9.17) is 0 Å². The maximum atomic E-state index is 11.7. The number of hydrogen-bond donors (Lipinski definition) is 3. The Morgan fingerprint density at radius 3 is 2.75 bits per heavy atom. The molecule has 86 valence electrons. The smallest absolute Gasteiger partial charge is 0.255 e. The van der Waals surface area contributed by atoms with Crippen LogP contribution in [-0.2, 0) is 4.79 Å². The van der Waals surface area contributed by atoms with Gasteiger partial charge in [-0.1, -0.05) is 0 Å². The van der Waals surface area contributed by atoms with Gasteiger partial charge in [0.2, 0.25) is 5.91 Å². The van der Waals surface area contributed by atoms with Gasteiger partial charge in [-0.2, -0.15) is 0 Å². The van der Waals surface area contributed by atoms with E-state index in [2.05, 4.69) is 20.9 Å². The number of anilines is 1. The first-order valence-electron chi connectivity index (χ1n) is 4.80. The molecule has 0 unspecified atom stereocenters. The number of hydrogen-bond acceptors (Lipinski definition) is 4. The van der Waals surface area contributed by atoms with Gasteiger partial charge >= 0.3 is 0 Å². The maximum absolute atomic E-state index is 11.7. The third-order valence-corrected chi connectivity index (χ3v) is 1.98. The number of carbonyl (C=O) groups is 2. The zero-order valence-corrected chi connectivity index (χ0v) is 9.20. The van der Waals surface area contributed by atoms with Crippen LogP contribution in [0.5, 0.6) is 0 Å². The Balaban J connectivity index is 2.69. The van der Waals surface area contributed by atoms with Crippen LogP contribution in [0.3, 0.4) is 0 Å². The zero-order chi connectivity index (χ0) is 12.0. The molecule has 0 aromatic carbocycles. The van der Waals surface area contributed by atoms with Crippen LogP contribution in [0.1, 0.15) is 10.4 Å². The fourth-order valence-electron chi connectivity index (χ4n) is 1.13. The Morgan fingerprint density at radius 2 is 2.12 bits per heavy atom. The molecule has 1 rings (SSSR count). The summed E-state index contributed by atoms with van der Waals surface area (Å²) in [5.74, 6) is -0.0961. The number of nitrogens with one attached hydrogen (secondary N) is 3. The van der Waals surface area contributed by atoms with Gasteiger partial charge in [0.1, 0.15) is 5.82 Å². The number of carbonyl (C=O) groups excluding carboxylic acids is 2. The molecule has 0 bridgehead atoms. The quantitative estimate of drug-likeness (QED) is 0.647. The summed E-state index contributed by atoms with van der Waals surface area (Å²) in [5.41, 5.74) is 0.411. The summed E-state index contributed by atoms with van der Waals surface area (Å²) < 4.78 is 0. The van der Waals surface area contributed by atoms with Gasteiger partial charge in [0.05, 0.1) is 12.1 Å². The van der Waals surface area contributed by atoms with Crippen molar-refractivity contribution in [3.05, 3.63) is 23.9 Å². The molecule has 0 atom stereocenters. The first-order valence-corrected chi connectivity index (χ1v) is 4.80. The molecular weight excluding hydrogens is 208 g/mol. The molecule has 0 saturated carbocycles. The number of rotatable bonds is 4. The van der Waals surface area contributed by atoms with E-state index in [1.807, 2.05) is 0 Å². The monoisotopic (exact) mass is 222 g/mol. The molecule has 3 N–H and O–H groups in total. The van der Waals surface area contributed by atoms with Crippen molar-refractivity contribution in [3.8, 4) is 0 Å². The standard InChI is InChI=1S/C10H14N4O2/c1-11-8(15)6-14-10(16)7-4-3-5-13-9(7)12-2/h3-5H,6H2,1-2H3,(H,11,15)(H,12,13)(H,14,16). The highest BCUT2D eigenvalue weighted by molar-refractivity contribution is 6.00. The van der Waals surface area contributed by atoms with Crippen LogP contribution in [0, 0.1) is 0 Å². The van der Waals surface area contributed by atoms with Gasteiger partial charge in [0.25, 0.3) is 5.91 Å². The van der Waals surface area contributed by atoms with Crippen molar-refractivity contribution in [2.45, 2.75) is 0 Å². The lowest BCUT2D eigenvalue weighted by Crippen LogP contribution is -2.35. The predicted octanol–water partition coefficient (Wildman–Crippen LogP) is -0.401. The highest BCUT2D eigenvalue weighted by atomic mass is 16.2. The molecule has 0 aliphatic carbocycles. The van der Waals surface area contributed by atoms with Crippen molar-refractivity contribution in [2.75, 3.05) is 26.0 Å². The molecule has 0 radical (unpaired) electrons. The van der Waals surface area contributed by atoms with Crippen LogP contribution in [0.15, 0.2) is 18.3 Å². The third-order valence-electron chi connectivity index (χ3n) is 1.98. The lowest BCUT2D eigenvalue weighted by molar-refractivity contribution is -0.119. The van der Waals surface area contributed by atoms with E-state index < -0.39 is 0 Å². The summed E-state index contributed by atoms with van der Waals surface area (Å²) in [7, 11) is 3.19. The zero-order valence-electron chi connectivity index (χ0n) is 9.20. The Bertz CT molecular complexity index is 392. The number of nitrogens with zero attached hydrogens (tertiary/aromatic N) is 1. The third kappa shape index (κ3) is 2.94. The molecular formula is C10H14N4O2. The van der Waals surface area contributed by atoms with Crippen molar-refractivity contribution < 1.29 is 9.59 Å². The van der Waals surface area contributed by atoms with Gasteiger partial charge in [-0.25, -0.2) is 4.98 Å². The minimum absolute atomic E-state index is 0.0482. The normalized spacial score (nSPS) is 9.38. The minimum Gasteiger partial charge on any atom is -0.372 e. The molecule has 0 aliphatic rings. The topological polar surface area (TPSA) is 83.1 Å². The minimum atomic E-state index is -0.332. The molecule has 0 fully saturated rings. The largest absolute Gasteiger partial charge is 0.372 e. The van der Waals surface area contributed by atoms with Crippen molar-refractivity contribution in [3.63, 3.8) is 0 Å². The molecule has 0 spiro atoms. The lowest BCUT2D eigenvalue weighted by Gasteiger charge is -2.07. The van der Waals surface area contributed by atoms with Crippen LogP contribution in [0.2, 0.25) is 0 Å². The SMILES string of the molecule is CNC(=O)CNC(=O)c1cccnc1NC. The van der Waals surface area contributed by atoms with Gasteiger partial charge in [0.15, 0.2) is 0 Å². The van der Waals surface area contributed by atoms with E-state index in [0.29, 0.717) is 11.4 Å². The maximum Gasteiger partial charge on any atom is 0.255 e. The summed E-state index contributed by atoms with van der Waals surface area (Å²) in [6, 6.07) is 3.30. The van der Waals surface area contributed by atoms with E-state index in [1.165, 1.54) is 7.05 Å². The fourth-order valence-corrected chi connectivity index (χ4v) is 1.13. The molecule has 1 heterocycles. The molecule has 2 amide bonds. The lowest BCUT2D eigenvalue weighted by atomic mass is 10.2. The van der Waals surface area contributed by atoms with E-state index in [0.717, 1.165) is 0 Å². The van der Waals surface area contributed by atoms with Gasteiger partial charge < -0.3 is 16.0 Å². The Hall–Kier alpha value is -2.11. The number of amides is 2.